The number of carbonyl (C=O) groups excluding carboxylic acids is 1. The van der Waals surface area contributed by atoms with E-state index in [1.54, 1.807) is 0 Å². The molecule has 0 amide bonds. The summed E-state index contributed by atoms with van der Waals surface area (Å²) >= 11 is 0. The standard InChI is InChI=1S/C11H13NO2/c1-2-10-5-3-4-6-11(10)14-8-7-12-9-13/h3-6H,2,7-8H2,1H3. The molecule has 0 bridgehead atoms. The molecule has 1 aromatic rings. The maximum absolute atomic E-state index is 9.79. The molecule has 0 heterocycles. The highest BCUT2D eigenvalue weighted by Crippen LogP contribution is 2.17. The summed E-state index contributed by atoms with van der Waals surface area (Å²) in [7, 11) is 0. The Labute approximate surface area is 83.4 Å². The molecule has 74 valence electrons. The van der Waals surface area contributed by atoms with Gasteiger partial charge in [-0.25, -0.2) is 9.79 Å². The molecule has 0 saturated carbocycles. The molecule has 0 aliphatic heterocycles. The Morgan fingerprint density at radius 3 is 2.93 bits per heavy atom. The van der Waals surface area contributed by atoms with Gasteiger partial charge in [0.2, 0.25) is 6.08 Å². The molecular formula is C11H13NO2. The van der Waals surface area contributed by atoms with Crippen LogP contribution in [0.1, 0.15) is 12.5 Å². The van der Waals surface area contributed by atoms with Crippen molar-refractivity contribution in [3.05, 3.63) is 29.8 Å². The minimum absolute atomic E-state index is 0.363. The van der Waals surface area contributed by atoms with Crippen molar-refractivity contribution in [2.75, 3.05) is 13.2 Å². The molecule has 0 spiro atoms. The molecule has 0 fully saturated rings. The van der Waals surface area contributed by atoms with Gasteiger partial charge in [0.05, 0.1) is 6.54 Å². The van der Waals surface area contributed by atoms with Gasteiger partial charge in [0.1, 0.15) is 12.4 Å². The summed E-state index contributed by atoms with van der Waals surface area (Å²) < 4.78 is 5.46. The molecule has 0 atom stereocenters. The number of para-hydroxylation sites is 1. The van der Waals surface area contributed by atoms with Crippen LogP contribution in [0.5, 0.6) is 5.75 Å². The number of benzene rings is 1. The number of ether oxygens (including phenoxy) is 1. The monoisotopic (exact) mass is 191 g/mol. The van der Waals surface area contributed by atoms with Crippen molar-refractivity contribution in [1.29, 1.82) is 0 Å². The van der Waals surface area contributed by atoms with Gasteiger partial charge in [-0.05, 0) is 18.1 Å². The zero-order valence-electron chi connectivity index (χ0n) is 8.19. The Balaban J connectivity index is 2.52. The largest absolute Gasteiger partial charge is 0.491 e. The Morgan fingerprint density at radius 1 is 1.43 bits per heavy atom. The Bertz CT molecular complexity index is 330. The molecular weight excluding hydrogens is 178 g/mol. The van der Waals surface area contributed by atoms with E-state index < -0.39 is 0 Å². The molecule has 1 rings (SSSR count). The number of hydrogen-bond acceptors (Lipinski definition) is 3. The van der Waals surface area contributed by atoms with E-state index in [4.69, 9.17) is 4.74 Å². The predicted octanol–water partition coefficient (Wildman–Crippen LogP) is 1.96. The van der Waals surface area contributed by atoms with Crippen molar-refractivity contribution in [1.82, 2.24) is 0 Å². The molecule has 3 heteroatoms. The topological polar surface area (TPSA) is 38.7 Å². The molecule has 0 aliphatic rings. The van der Waals surface area contributed by atoms with E-state index in [9.17, 15) is 4.79 Å². The van der Waals surface area contributed by atoms with Crippen LogP contribution in [0.3, 0.4) is 0 Å². The second-order valence-electron chi connectivity index (χ2n) is 2.78. The fourth-order valence-corrected chi connectivity index (χ4v) is 1.18. The van der Waals surface area contributed by atoms with Crippen molar-refractivity contribution in [3.8, 4) is 5.75 Å². The number of aliphatic imine (C=N–C) groups is 1. The highest BCUT2D eigenvalue weighted by molar-refractivity contribution is 5.34. The predicted molar refractivity (Wildman–Crippen MR) is 54.3 cm³/mol. The summed E-state index contributed by atoms with van der Waals surface area (Å²) in [5.41, 5.74) is 1.17. The summed E-state index contributed by atoms with van der Waals surface area (Å²) in [6.45, 7) is 2.86. The third-order valence-electron chi connectivity index (χ3n) is 1.88. The summed E-state index contributed by atoms with van der Waals surface area (Å²) in [5.74, 6) is 0.871. The third-order valence-corrected chi connectivity index (χ3v) is 1.88. The zero-order valence-corrected chi connectivity index (χ0v) is 8.19. The van der Waals surface area contributed by atoms with Crippen LogP contribution in [-0.2, 0) is 11.2 Å². The summed E-state index contributed by atoms with van der Waals surface area (Å²) in [4.78, 5) is 13.2. The Kier molecular flexibility index (Phi) is 4.45. The number of hydrogen-bond donors (Lipinski definition) is 0. The van der Waals surface area contributed by atoms with Crippen LogP contribution in [0.4, 0.5) is 0 Å². The lowest BCUT2D eigenvalue weighted by molar-refractivity contribution is 0.325. The molecule has 0 saturated heterocycles. The zero-order chi connectivity index (χ0) is 10.2. The number of rotatable bonds is 5. The summed E-state index contributed by atoms with van der Waals surface area (Å²) in [6.07, 6.45) is 2.42. The lowest BCUT2D eigenvalue weighted by Gasteiger charge is -2.08. The van der Waals surface area contributed by atoms with Crippen molar-refractivity contribution >= 4 is 6.08 Å². The van der Waals surface area contributed by atoms with Crippen molar-refractivity contribution in [3.63, 3.8) is 0 Å². The fraction of sp³-hybridized carbons (Fsp3) is 0.364. The summed E-state index contributed by atoms with van der Waals surface area (Å²) in [6, 6.07) is 7.86. The van der Waals surface area contributed by atoms with E-state index in [0.717, 1.165) is 12.2 Å². The molecule has 3 nitrogen and oxygen atoms in total. The van der Waals surface area contributed by atoms with E-state index in [0.29, 0.717) is 13.2 Å². The van der Waals surface area contributed by atoms with Crippen LogP contribution in [0.15, 0.2) is 29.3 Å². The first-order valence-corrected chi connectivity index (χ1v) is 4.62. The fourth-order valence-electron chi connectivity index (χ4n) is 1.18. The molecule has 0 N–H and O–H groups in total. The molecule has 1 aromatic carbocycles. The van der Waals surface area contributed by atoms with Crippen LogP contribution in [-0.4, -0.2) is 19.2 Å². The molecule has 0 radical (unpaired) electrons. The SMILES string of the molecule is CCc1ccccc1OCCN=C=O. The van der Waals surface area contributed by atoms with Crippen molar-refractivity contribution in [2.45, 2.75) is 13.3 Å². The maximum atomic E-state index is 9.79. The van der Waals surface area contributed by atoms with Crippen LogP contribution in [0.2, 0.25) is 0 Å². The number of aryl methyl sites for hydroxylation is 1. The average Bonchev–Trinajstić information content (AvgIpc) is 2.25. The van der Waals surface area contributed by atoms with Gasteiger partial charge in [0, 0.05) is 0 Å². The van der Waals surface area contributed by atoms with E-state index in [2.05, 4.69) is 11.9 Å². The first-order chi connectivity index (χ1) is 6.88. The molecule has 14 heavy (non-hydrogen) atoms. The van der Waals surface area contributed by atoms with Crippen LogP contribution < -0.4 is 4.74 Å². The smallest absolute Gasteiger partial charge is 0.235 e. The Hall–Kier alpha value is -1.60. The molecule has 0 unspecified atom stereocenters. The van der Waals surface area contributed by atoms with Crippen LogP contribution in [0.25, 0.3) is 0 Å². The van der Waals surface area contributed by atoms with E-state index >= 15 is 0 Å². The van der Waals surface area contributed by atoms with Crippen LogP contribution in [0, 0.1) is 0 Å². The second-order valence-corrected chi connectivity index (χ2v) is 2.78. The number of nitrogens with zero attached hydrogens (tertiary/aromatic N) is 1. The normalized spacial score (nSPS) is 9.21. The average molecular weight is 191 g/mol. The third kappa shape index (κ3) is 3.04. The van der Waals surface area contributed by atoms with Crippen molar-refractivity contribution < 1.29 is 9.53 Å². The summed E-state index contributed by atoms with van der Waals surface area (Å²) in [5, 5.41) is 0. The van der Waals surface area contributed by atoms with Crippen molar-refractivity contribution in [2.24, 2.45) is 4.99 Å². The van der Waals surface area contributed by atoms with Gasteiger partial charge in [-0.2, -0.15) is 0 Å². The van der Waals surface area contributed by atoms with Gasteiger partial charge in [-0.1, -0.05) is 25.1 Å². The van der Waals surface area contributed by atoms with Gasteiger partial charge in [0.25, 0.3) is 0 Å². The Morgan fingerprint density at radius 2 is 2.21 bits per heavy atom. The maximum Gasteiger partial charge on any atom is 0.235 e. The lowest BCUT2D eigenvalue weighted by atomic mass is 10.1. The lowest BCUT2D eigenvalue weighted by Crippen LogP contribution is -2.02. The minimum atomic E-state index is 0.363. The van der Waals surface area contributed by atoms with Gasteiger partial charge >= 0.3 is 0 Å². The van der Waals surface area contributed by atoms with Gasteiger partial charge < -0.3 is 4.74 Å². The van der Waals surface area contributed by atoms with E-state index in [1.807, 2.05) is 24.3 Å². The molecule has 0 aromatic heterocycles. The van der Waals surface area contributed by atoms with Gasteiger partial charge in [0.15, 0.2) is 0 Å². The highest BCUT2D eigenvalue weighted by Gasteiger charge is 1.98. The minimum Gasteiger partial charge on any atom is -0.491 e. The highest BCUT2D eigenvalue weighted by atomic mass is 16.5. The first kappa shape index (κ1) is 10.5. The second kappa shape index (κ2) is 5.95. The van der Waals surface area contributed by atoms with E-state index in [-0.39, 0.29) is 0 Å². The first-order valence-electron chi connectivity index (χ1n) is 4.62. The molecule has 0 aliphatic carbocycles. The number of isocyanates is 1. The van der Waals surface area contributed by atoms with Gasteiger partial charge in [-0.3, -0.25) is 0 Å². The quantitative estimate of drug-likeness (QED) is 0.405. The van der Waals surface area contributed by atoms with Crippen LogP contribution >= 0.6 is 0 Å². The van der Waals surface area contributed by atoms with Gasteiger partial charge in [-0.15, -0.1) is 0 Å². The van der Waals surface area contributed by atoms with E-state index in [1.165, 1.54) is 11.6 Å².